The highest BCUT2D eigenvalue weighted by molar-refractivity contribution is 5.26. The van der Waals surface area contributed by atoms with E-state index in [1.54, 1.807) is 0 Å². The third-order valence-electron chi connectivity index (χ3n) is 2.70. The van der Waals surface area contributed by atoms with Gasteiger partial charge >= 0.3 is 0 Å². The van der Waals surface area contributed by atoms with Crippen molar-refractivity contribution in [2.24, 2.45) is 5.73 Å². The number of halogens is 2. The lowest BCUT2D eigenvalue weighted by Gasteiger charge is -2.07. The van der Waals surface area contributed by atoms with Gasteiger partial charge in [0, 0.05) is 18.2 Å². The minimum Gasteiger partial charge on any atom is -0.489 e. The van der Waals surface area contributed by atoms with E-state index in [1.165, 1.54) is 0 Å². The number of nitrogens with two attached hydrogens (primary N) is 1. The molecule has 19 heavy (non-hydrogen) atoms. The molecule has 2 rings (SSSR count). The lowest BCUT2D eigenvalue weighted by Crippen LogP contribution is -2.03. The van der Waals surface area contributed by atoms with Gasteiger partial charge in [-0.15, -0.1) is 0 Å². The number of hydrogen-bond donors (Lipinski definition) is 1. The van der Waals surface area contributed by atoms with Crippen molar-refractivity contribution >= 4 is 0 Å². The van der Waals surface area contributed by atoms with Crippen molar-refractivity contribution in [1.82, 2.24) is 0 Å². The molecule has 2 aromatic rings. The second-order valence-corrected chi connectivity index (χ2v) is 4.25. The average Bonchev–Trinajstić information content (AvgIpc) is 2.37. The zero-order valence-corrected chi connectivity index (χ0v) is 10.4. The van der Waals surface area contributed by atoms with Crippen molar-refractivity contribution in [3.8, 4) is 5.75 Å². The predicted octanol–water partition coefficient (Wildman–Crippen LogP) is 3.05. The van der Waals surface area contributed by atoms with Crippen LogP contribution in [0.1, 0.15) is 11.1 Å². The Balaban J connectivity index is 1.98. The second-order valence-electron chi connectivity index (χ2n) is 4.25. The molecule has 0 bridgehead atoms. The molecule has 2 aromatic carbocycles. The fourth-order valence-electron chi connectivity index (χ4n) is 1.75. The maximum absolute atomic E-state index is 13.0. The number of benzene rings is 2. The molecular formula is C15H15F2NO. The summed E-state index contributed by atoms with van der Waals surface area (Å²) in [4.78, 5) is 0. The molecule has 0 aliphatic rings. The van der Waals surface area contributed by atoms with Crippen molar-refractivity contribution in [3.05, 3.63) is 65.2 Å². The van der Waals surface area contributed by atoms with Crippen molar-refractivity contribution in [2.75, 3.05) is 6.54 Å². The summed E-state index contributed by atoms with van der Waals surface area (Å²) in [6.45, 7) is 0.879. The summed E-state index contributed by atoms with van der Waals surface area (Å²) >= 11 is 0. The lowest BCUT2D eigenvalue weighted by atomic mass is 10.1. The summed E-state index contributed by atoms with van der Waals surface area (Å²) in [5, 5.41) is 0. The Morgan fingerprint density at radius 1 is 0.895 bits per heavy atom. The average molecular weight is 263 g/mol. The minimum atomic E-state index is -0.645. The van der Waals surface area contributed by atoms with Crippen LogP contribution in [0, 0.1) is 11.6 Å². The first-order chi connectivity index (χ1) is 9.17. The van der Waals surface area contributed by atoms with Crippen LogP contribution in [0.15, 0.2) is 42.5 Å². The van der Waals surface area contributed by atoms with Crippen LogP contribution < -0.4 is 10.5 Å². The van der Waals surface area contributed by atoms with Crippen molar-refractivity contribution in [1.29, 1.82) is 0 Å². The Morgan fingerprint density at radius 3 is 2.05 bits per heavy atom. The smallest absolute Gasteiger partial charge is 0.129 e. The standard InChI is InChI=1S/C15H15F2NO/c16-13-7-14(17)9-15(8-13)19-10-12-3-1-11(2-4-12)5-6-18/h1-4,7-9H,5-6,10,18H2. The molecule has 0 atom stereocenters. The molecule has 0 radical (unpaired) electrons. The fourth-order valence-corrected chi connectivity index (χ4v) is 1.75. The molecule has 0 spiro atoms. The molecule has 0 amide bonds. The molecule has 0 aliphatic carbocycles. The zero-order chi connectivity index (χ0) is 13.7. The monoisotopic (exact) mass is 263 g/mol. The molecular weight excluding hydrogens is 248 g/mol. The minimum absolute atomic E-state index is 0.184. The van der Waals surface area contributed by atoms with Gasteiger partial charge in [-0.05, 0) is 24.1 Å². The first-order valence-electron chi connectivity index (χ1n) is 6.04. The van der Waals surface area contributed by atoms with Gasteiger partial charge in [0.25, 0.3) is 0 Å². The molecule has 4 heteroatoms. The first kappa shape index (κ1) is 13.5. The van der Waals surface area contributed by atoms with Crippen LogP contribution in [-0.2, 0) is 13.0 Å². The highest BCUT2D eigenvalue weighted by Gasteiger charge is 2.02. The molecule has 0 unspecified atom stereocenters. The van der Waals surface area contributed by atoms with Crippen molar-refractivity contribution in [2.45, 2.75) is 13.0 Å². The highest BCUT2D eigenvalue weighted by atomic mass is 19.1. The second kappa shape index (κ2) is 6.29. The van der Waals surface area contributed by atoms with Crippen LogP contribution in [0.4, 0.5) is 8.78 Å². The van der Waals surface area contributed by atoms with Gasteiger partial charge < -0.3 is 10.5 Å². The van der Waals surface area contributed by atoms with E-state index in [4.69, 9.17) is 10.5 Å². The Kier molecular flexibility index (Phi) is 4.47. The quantitative estimate of drug-likeness (QED) is 0.899. The third-order valence-corrected chi connectivity index (χ3v) is 2.70. The van der Waals surface area contributed by atoms with E-state index in [0.29, 0.717) is 6.54 Å². The lowest BCUT2D eigenvalue weighted by molar-refractivity contribution is 0.302. The van der Waals surface area contributed by atoms with Crippen LogP contribution in [0.3, 0.4) is 0 Å². The van der Waals surface area contributed by atoms with Crippen LogP contribution in [-0.4, -0.2) is 6.54 Å². The Bertz CT molecular complexity index is 520. The van der Waals surface area contributed by atoms with Gasteiger partial charge in [-0.3, -0.25) is 0 Å². The van der Waals surface area contributed by atoms with Gasteiger partial charge in [-0.25, -0.2) is 8.78 Å². The molecule has 0 aromatic heterocycles. The number of rotatable bonds is 5. The summed E-state index contributed by atoms with van der Waals surface area (Å²) in [5.74, 6) is -1.11. The predicted molar refractivity (Wildman–Crippen MR) is 69.9 cm³/mol. The Morgan fingerprint density at radius 2 is 1.47 bits per heavy atom. The van der Waals surface area contributed by atoms with Gasteiger partial charge in [0.2, 0.25) is 0 Å². The van der Waals surface area contributed by atoms with Gasteiger partial charge in [-0.1, -0.05) is 24.3 Å². The normalized spacial score (nSPS) is 10.5. The molecule has 2 N–H and O–H groups in total. The van der Waals surface area contributed by atoms with Crippen molar-refractivity contribution in [3.63, 3.8) is 0 Å². The molecule has 0 heterocycles. The van der Waals surface area contributed by atoms with E-state index in [0.717, 1.165) is 35.7 Å². The van der Waals surface area contributed by atoms with Crippen molar-refractivity contribution < 1.29 is 13.5 Å². The van der Waals surface area contributed by atoms with Crippen LogP contribution >= 0.6 is 0 Å². The van der Waals surface area contributed by atoms with E-state index < -0.39 is 11.6 Å². The van der Waals surface area contributed by atoms with Gasteiger partial charge in [0.05, 0.1) is 0 Å². The largest absolute Gasteiger partial charge is 0.489 e. The maximum Gasteiger partial charge on any atom is 0.129 e. The first-order valence-corrected chi connectivity index (χ1v) is 6.04. The third kappa shape index (κ3) is 4.03. The molecule has 0 saturated heterocycles. The SMILES string of the molecule is NCCc1ccc(COc2cc(F)cc(F)c2)cc1. The number of ether oxygens (including phenoxy) is 1. The maximum atomic E-state index is 13.0. The molecule has 2 nitrogen and oxygen atoms in total. The molecule has 100 valence electrons. The fraction of sp³-hybridized carbons (Fsp3) is 0.200. The zero-order valence-electron chi connectivity index (χ0n) is 10.4. The summed E-state index contributed by atoms with van der Waals surface area (Å²) in [6, 6.07) is 10.9. The summed E-state index contributed by atoms with van der Waals surface area (Å²) in [5.41, 5.74) is 7.56. The molecule has 0 fully saturated rings. The summed E-state index contributed by atoms with van der Waals surface area (Å²) in [6.07, 6.45) is 0.830. The van der Waals surface area contributed by atoms with E-state index in [1.807, 2.05) is 24.3 Å². The van der Waals surface area contributed by atoms with Crippen LogP contribution in [0.2, 0.25) is 0 Å². The van der Waals surface area contributed by atoms with E-state index >= 15 is 0 Å². The molecule has 0 aliphatic heterocycles. The van der Waals surface area contributed by atoms with Crippen LogP contribution in [0.25, 0.3) is 0 Å². The van der Waals surface area contributed by atoms with Gasteiger partial charge in [0.1, 0.15) is 24.0 Å². The molecule has 0 saturated carbocycles. The van der Waals surface area contributed by atoms with E-state index in [2.05, 4.69) is 0 Å². The Hall–Kier alpha value is -1.94. The summed E-state index contributed by atoms with van der Waals surface area (Å²) in [7, 11) is 0. The Labute approximate surface area is 110 Å². The highest BCUT2D eigenvalue weighted by Crippen LogP contribution is 2.17. The van der Waals surface area contributed by atoms with E-state index in [9.17, 15) is 8.78 Å². The topological polar surface area (TPSA) is 35.2 Å². The van der Waals surface area contributed by atoms with E-state index in [-0.39, 0.29) is 12.4 Å². The van der Waals surface area contributed by atoms with Crippen LogP contribution in [0.5, 0.6) is 5.75 Å². The van der Waals surface area contributed by atoms with Gasteiger partial charge in [0.15, 0.2) is 0 Å². The van der Waals surface area contributed by atoms with Gasteiger partial charge in [-0.2, -0.15) is 0 Å². The summed E-state index contributed by atoms with van der Waals surface area (Å²) < 4.78 is 31.3. The number of hydrogen-bond acceptors (Lipinski definition) is 2.